The highest BCUT2D eigenvalue weighted by Gasteiger charge is 2.25. The zero-order valence-corrected chi connectivity index (χ0v) is 16.7. The van der Waals surface area contributed by atoms with Gasteiger partial charge in [-0.1, -0.05) is 54.1 Å². The number of fused-ring (bicyclic) bond motifs is 4. The molecule has 148 valence electrons. The molecule has 1 heterocycles. The van der Waals surface area contributed by atoms with Gasteiger partial charge in [-0.15, -0.1) is 0 Å². The van der Waals surface area contributed by atoms with Crippen molar-refractivity contribution in [2.45, 2.75) is 19.3 Å². The molecule has 5 rings (SSSR count). The lowest BCUT2D eigenvalue weighted by Gasteiger charge is -2.15. The molecular weight excluding hydrogens is 401 g/mol. The molecule has 4 aromatic rings. The normalized spacial score (nSPS) is 12.9. The number of carboxylic acid groups (broad SMARTS) is 1. The highest BCUT2D eigenvalue weighted by atomic mass is 35.5. The van der Waals surface area contributed by atoms with Crippen LogP contribution in [0.4, 0.5) is 4.39 Å². The molecule has 0 atom stereocenters. The number of carboxylic acids is 1. The Balaban J connectivity index is 1.77. The maximum Gasteiger partial charge on any atom is 0.336 e. The minimum Gasteiger partial charge on any atom is -0.478 e. The fourth-order valence-corrected chi connectivity index (χ4v) is 4.50. The molecule has 0 saturated heterocycles. The summed E-state index contributed by atoms with van der Waals surface area (Å²) >= 11 is 6.15. The van der Waals surface area contributed by atoms with Crippen LogP contribution in [0.15, 0.2) is 60.7 Å². The summed E-state index contributed by atoms with van der Waals surface area (Å²) in [5.74, 6) is -1.23. The van der Waals surface area contributed by atoms with Gasteiger partial charge in [0.2, 0.25) is 0 Å². The highest BCUT2D eigenvalue weighted by Crippen LogP contribution is 2.38. The molecule has 0 amide bonds. The van der Waals surface area contributed by atoms with Crippen molar-refractivity contribution in [2.75, 3.05) is 0 Å². The summed E-state index contributed by atoms with van der Waals surface area (Å²) in [6.45, 7) is 0. The molecule has 0 bridgehead atoms. The van der Waals surface area contributed by atoms with E-state index in [9.17, 15) is 14.3 Å². The Bertz CT molecular complexity index is 1330. The third kappa shape index (κ3) is 3.04. The van der Waals surface area contributed by atoms with Crippen LogP contribution in [0.1, 0.15) is 27.9 Å². The minimum absolute atomic E-state index is 0.265. The molecule has 0 radical (unpaired) electrons. The van der Waals surface area contributed by atoms with E-state index in [1.165, 1.54) is 6.07 Å². The number of hydrogen-bond donors (Lipinski definition) is 1. The van der Waals surface area contributed by atoms with Crippen molar-refractivity contribution in [1.82, 2.24) is 4.98 Å². The van der Waals surface area contributed by atoms with Crippen molar-refractivity contribution >= 4 is 28.5 Å². The SMILES string of the molecule is O=C(O)c1c2c(nc3cc(Cl)ccc13)-c1ccc(-c3ccccc3F)cc1CCC2. The second kappa shape index (κ2) is 7.22. The van der Waals surface area contributed by atoms with Crippen LogP contribution in [-0.2, 0) is 12.8 Å². The summed E-state index contributed by atoms with van der Waals surface area (Å²) < 4.78 is 14.3. The van der Waals surface area contributed by atoms with Gasteiger partial charge in [0.25, 0.3) is 0 Å². The number of nitrogens with zero attached hydrogens (tertiary/aromatic N) is 1. The molecule has 0 fully saturated rings. The Morgan fingerprint density at radius 2 is 1.83 bits per heavy atom. The van der Waals surface area contributed by atoms with E-state index in [1.54, 1.807) is 30.3 Å². The molecule has 0 spiro atoms. The van der Waals surface area contributed by atoms with Crippen LogP contribution in [0.3, 0.4) is 0 Å². The summed E-state index contributed by atoms with van der Waals surface area (Å²) in [6, 6.07) is 17.6. The Morgan fingerprint density at radius 1 is 1.00 bits per heavy atom. The molecule has 1 aromatic heterocycles. The number of halogens is 2. The smallest absolute Gasteiger partial charge is 0.336 e. The molecule has 1 aliphatic rings. The Morgan fingerprint density at radius 3 is 2.63 bits per heavy atom. The van der Waals surface area contributed by atoms with E-state index in [4.69, 9.17) is 16.6 Å². The summed E-state index contributed by atoms with van der Waals surface area (Å²) in [4.78, 5) is 17.0. The van der Waals surface area contributed by atoms with Gasteiger partial charge in [-0.25, -0.2) is 14.2 Å². The van der Waals surface area contributed by atoms with Crippen LogP contribution in [-0.4, -0.2) is 16.1 Å². The van der Waals surface area contributed by atoms with Gasteiger partial charge in [-0.3, -0.25) is 0 Å². The van der Waals surface area contributed by atoms with Gasteiger partial charge in [0, 0.05) is 21.5 Å². The molecule has 0 unspecified atom stereocenters. The van der Waals surface area contributed by atoms with E-state index in [0.717, 1.165) is 35.1 Å². The summed E-state index contributed by atoms with van der Waals surface area (Å²) in [5.41, 5.74) is 5.56. The van der Waals surface area contributed by atoms with Crippen molar-refractivity contribution in [1.29, 1.82) is 0 Å². The van der Waals surface area contributed by atoms with Gasteiger partial charge in [0.15, 0.2) is 0 Å². The second-order valence-corrected chi connectivity index (χ2v) is 7.92. The third-order valence-electron chi connectivity index (χ3n) is 5.68. The van der Waals surface area contributed by atoms with Crippen LogP contribution in [0.5, 0.6) is 0 Å². The van der Waals surface area contributed by atoms with Crippen molar-refractivity contribution in [2.24, 2.45) is 0 Å². The molecule has 1 aliphatic carbocycles. The van der Waals surface area contributed by atoms with Crippen LogP contribution in [0, 0.1) is 5.82 Å². The number of rotatable bonds is 2. The standard InChI is InChI=1S/C25H17ClFNO2/c26-16-9-11-19-22(13-16)28-24-18-10-8-15(17-5-1-2-7-21(17)27)12-14(18)4-3-6-20(24)23(19)25(29)30/h1-2,5,7-13H,3-4,6H2,(H,29,30). The van der Waals surface area contributed by atoms with Gasteiger partial charge >= 0.3 is 5.97 Å². The van der Waals surface area contributed by atoms with E-state index in [1.807, 2.05) is 24.3 Å². The maximum atomic E-state index is 14.3. The largest absolute Gasteiger partial charge is 0.478 e. The topological polar surface area (TPSA) is 50.2 Å². The predicted octanol–water partition coefficient (Wildman–Crippen LogP) is 6.55. The first-order valence-corrected chi connectivity index (χ1v) is 10.1. The van der Waals surface area contributed by atoms with E-state index in [-0.39, 0.29) is 11.4 Å². The van der Waals surface area contributed by atoms with E-state index >= 15 is 0 Å². The molecular formula is C25H17ClFNO2. The van der Waals surface area contributed by atoms with E-state index < -0.39 is 5.97 Å². The number of aryl methyl sites for hydroxylation is 1. The number of benzene rings is 3. The Kier molecular flexibility index (Phi) is 4.52. The summed E-state index contributed by atoms with van der Waals surface area (Å²) in [6.07, 6.45) is 2.18. The number of aromatic carboxylic acids is 1. The second-order valence-electron chi connectivity index (χ2n) is 7.49. The molecule has 3 nitrogen and oxygen atoms in total. The predicted molar refractivity (Wildman–Crippen MR) is 117 cm³/mol. The average Bonchev–Trinajstić information content (AvgIpc) is 2.90. The van der Waals surface area contributed by atoms with Crippen LogP contribution in [0.25, 0.3) is 33.3 Å². The van der Waals surface area contributed by atoms with Gasteiger partial charge < -0.3 is 5.11 Å². The minimum atomic E-state index is -0.965. The lowest BCUT2D eigenvalue weighted by atomic mass is 9.93. The van der Waals surface area contributed by atoms with Crippen LogP contribution in [0.2, 0.25) is 5.02 Å². The maximum absolute atomic E-state index is 14.3. The zero-order valence-electron chi connectivity index (χ0n) is 16.0. The molecule has 5 heteroatoms. The van der Waals surface area contributed by atoms with Crippen LogP contribution >= 0.6 is 11.6 Å². The first-order valence-electron chi connectivity index (χ1n) is 9.76. The number of pyridine rings is 1. The number of hydrogen-bond acceptors (Lipinski definition) is 2. The molecule has 0 aliphatic heterocycles. The monoisotopic (exact) mass is 417 g/mol. The third-order valence-corrected chi connectivity index (χ3v) is 5.92. The van der Waals surface area contributed by atoms with Crippen molar-refractivity contribution < 1.29 is 14.3 Å². The molecule has 1 N–H and O–H groups in total. The lowest BCUT2D eigenvalue weighted by molar-refractivity contribution is 0.0698. The first kappa shape index (κ1) is 18.8. The fourth-order valence-electron chi connectivity index (χ4n) is 4.34. The first-order chi connectivity index (χ1) is 14.5. The van der Waals surface area contributed by atoms with Gasteiger partial charge in [0.1, 0.15) is 5.82 Å². The quantitative estimate of drug-likeness (QED) is 0.402. The summed E-state index contributed by atoms with van der Waals surface area (Å²) in [7, 11) is 0. The Labute approximate surface area is 177 Å². The van der Waals surface area contributed by atoms with Gasteiger partial charge in [0.05, 0.1) is 16.8 Å². The van der Waals surface area contributed by atoms with Gasteiger partial charge in [-0.05, 0) is 54.2 Å². The van der Waals surface area contributed by atoms with Crippen LogP contribution < -0.4 is 0 Å². The molecule has 30 heavy (non-hydrogen) atoms. The van der Waals surface area contributed by atoms with E-state index in [0.29, 0.717) is 33.6 Å². The number of aromatic nitrogens is 1. The Hall–Kier alpha value is -3.24. The van der Waals surface area contributed by atoms with Crippen molar-refractivity contribution in [3.63, 3.8) is 0 Å². The lowest BCUT2D eigenvalue weighted by Crippen LogP contribution is -2.07. The molecule has 3 aromatic carbocycles. The fraction of sp³-hybridized carbons (Fsp3) is 0.120. The van der Waals surface area contributed by atoms with Gasteiger partial charge in [-0.2, -0.15) is 0 Å². The van der Waals surface area contributed by atoms with Crippen molar-refractivity contribution in [3.05, 3.63) is 88.2 Å². The van der Waals surface area contributed by atoms with E-state index in [2.05, 4.69) is 0 Å². The highest BCUT2D eigenvalue weighted by molar-refractivity contribution is 6.31. The zero-order chi connectivity index (χ0) is 20.8. The summed E-state index contributed by atoms with van der Waals surface area (Å²) in [5, 5.41) is 11.1. The molecule has 0 saturated carbocycles. The number of carbonyl (C=O) groups is 1. The average molecular weight is 418 g/mol. The van der Waals surface area contributed by atoms with Crippen molar-refractivity contribution in [3.8, 4) is 22.4 Å².